The number of aliphatic hydroxyl groups excluding tert-OH is 1. The van der Waals surface area contributed by atoms with Crippen molar-refractivity contribution in [2.24, 2.45) is 0 Å². The van der Waals surface area contributed by atoms with E-state index >= 15 is 0 Å². The van der Waals surface area contributed by atoms with E-state index in [-0.39, 0.29) is 6.61 Å². The number of hydrogen-bond donors (Lipinski definition) is 2. The van der Waals surface area contributed by atoms with Gasteiger partial charge in [-0.1, -0.05) is 6.08 Å². The number of ether oxygens (including phenoxy) is 1. The first kappa shape index (κ1) is 11.8. The van der Waals surface area contributed by atoms with E-state index in [0.29, 0.717) is 5.56 Å². The summed E-state index contributed by atoms with van der Waals surface area (Å²) < 4.78 is 6.83. The minimum absolute atomic E-state index is 0.170. The van der Waals surface area contributed by atoms with Crippen molar-refractivity contribution in [1.29, 1.82) is 0 Å². The van der Waals surface area contributed by atoms with Gasteiger partial charge in [0, 0.05) is 11.8 Å². The van der Waals surface area contributed by atoms with Crippen LogP contribution in [0.4, 0.5) is 0 Å². The van der Waals surface area contributed by atoms with Crippen LogP contribution in [0.15, 0.2) is 27.9 Å². The van der Waals surface area contributed by atoms with Gasteiger partial charge in [-0.05, 0) is 19.9 Å². The molecule has 2 atom stereocenters. The molecule has 0 aromatic carbocycles. The number of aromatic amines is 1. The molecule has 0 saturated carbocycles. The van der Waals surface area contributed by atoms with Crippen LogP contribution in [0.3, 0.4) is 0 Å². The van der Waals surface area contributed by atoms with Gasteiger partial charge in [-0.25, -0.2) is 4.79 Å². The lowest BCUT2D eigenvalue weighted by molar-refractivity contribution is -0.0731. The van der Waals surface area contributed by atoms with Crippen LogP contribution in [-0.2, 0) is 4.74 Å². The predicted molar refractivity (Wildman–Crippen MR) is 60.8 cm³/mol. The molecule has 0 amide bonds. The lowest BCUT2D eigenvalue weighted by Gasteiger charge is -2.22. The fraction of sp³-hybridized carbons (Fsp3) is 0.455. The van der Waals surface area contributed by atoms with Gasteiger partial charge >= 0.3 is 5.69 Å². The maximum absolute atomic E-state index is 11.6. The molecule has 2 heterocycles. The number of aryl methyl sites for hydroxylation is 1. The SMILES string of the molecule is Cc1cn(C2C=C[C@@](C)(CO)O2)c(=O)[nH]c1=O. The van der Waals surface area contributed by atoms with Crippen LogP contribution < -0.4 is 11.2 Å². The predicted octanol–water partition coefficient (Wildman–Crippen LogP) is -0.319. The Hall–Kier alpha value is -1.66. The first-order chi connectivity index (χ1) is 7.95. The van der Waals surface area contributed by atoms with Crippen molar-refractivity contribution in [3.05, 3.63) is 44.8 Å². The van der Waals surface area contributed by atoms with E-state index in [0.717, 1.165) is 0 Å². The largest absolute Gasteiger partial charge is 0.393 e. The fourth-order valence-electron chi connectivity index (χ4n) is 1.65. The number of aliphatic hydroxyl groups is 1. The number of hydrogen-bond acceptors (Lipinski definition) is 4. The summed E-state index contributed by atoms with van der Waals surface area (Å²) in [6.45, 7) is 3.16. The Balaban J connectivity index is 2.39. The third kappa shape index (κ3) is 2.09. The zero-order valence-electron chi connectivity index (χ0n) is 9.64. The summed E-state index contributed by atoms with van der Waals surface area (Å²) in [6, 6.07) is 0. The molecule has 1 aromatic heterocycles. The van der Waals surface area contributed by atoms with E-state index in [1.165, 1.54) is 10.8 Å². The van der Waals surface area contributed by atoms with E-state index in [4.69, 9.17) is 9.84 Å². The molecule has 92 valence electrons. The van der Waals surface area contributed by atoms with Gasteiger partial charge in [-0.15, -0.1) is 0 Å². The lowest BCUT2D eigenvalue weighted by atomic mass is 10.1. The van der Waals surface area contributed by atoms with Gasteiger partial charge in [-0.3, -0.25) is 14.3 Å². The van der Waals surface area contributed by atoms with Crippen molar-refractivity contribution in [2.45, 2.75) is 25.7 Å². The highest BCUT2D eigenvalue weighted by Crippen LogP contribution is 2.27. The van der Waals surface area contributed by atoms with Gasteiger partial charge in [0.25, 0.3) is 5.56 Å². The number of rotatable bonds is 2. The standard InChI is InChI=1S/C11H14N2O4/c1-7-5-13(10(16)12-9(7)15)8-3-4-11(2,6-14)17-8/h3-5,8,14H,6H2,1-2H3,(H,12,15,16)/t8?,11-/m0/s1. The molecular formula is C11H14N2O4. The molecule has 6 heteroatoms. The maximum atomic E-state index is 11.6. The van der Waals surface area contributed by atoms with Gasteiger partial charge < -0.3 is 9.84 Å². The molecule has 1 unspecified atom stereocenters. The van der Waals surface area contributed by atoms with Crippen molar-refractivity contribution < 1.29 is 9.84 Å². The van der Waals surface area contributed by atoms with Crippen molar-refractivity contribution in [3.8, 4) is 0 Å². The Morgan fingerprint density at radius 3 is 2.88 bits per heavy atom. The van der Waals surface area contributed by atoms with E-state index in [1.54, 1.807) is 26.0 Å². The van der Waals surface area contributed by atoms with Gasteiger partial charge in [0.1, 0.15) is 5.60 Å². The smallest absolute Gasteiger partial charge is 0.330 e. The highest BCUT2D eigenvalue weighted by molar-refractivity contribution is 5.10. The molecule has 1 aliphatic rings. The van der Waals surface area contributed by atoms with E-state index in [2.05, 4.69) is 4.98 Å². The first-order valence-corrected chi connectivity index (χ1v) is 5.25. The van der Waals surface area contributed by atoms with Crippen molar-refractivity contribution in [2.75, 3.05) is 6.61 Å². The summed E-state index contributed by atoms with van der Waals surface area (Å²) in [5.41, 5.74) is -1.29. The minimum Gasteiger partial charge on any atom is -0.393 e. The second-order valence-corrected chi connectivity index (χ2v) is 4.32. The first-order valence-electron chi connectivity index (χ1n) is 5.25. The molecule has 0 radical (unpaired) electrons. The number of H-pyrrole nitrogens is 1. The number of aromatic nitrogens is 2. The summed E-state index contributed by atoms with van der Waals surface area (Å²) in [4.78, 5) is 25.0. The van der Waals surface area contributed by atoms with Gasteiger partial charge in [0.15, 0.2) is 6.23 Å². The highest BCUT2D eigenvalue weighted by Gasteiger charge is 2.31. The lowest BCUT2D eigenvalue weighted by Crippen LogP contribution is -2.35. The molecule has 17 heavy (non-hydrogen) atoms. The normalized spacial score (nSPS) is 27.6. The van der Waals surface area contributed by atoms with E-state index in [9.17, 15) is 9.59 Å². The van der Waals surface area contributed by atoms with Crippen LogP contribution in [0.1, 0.15) is 18.7 Å². The van der Waals surface area contributed by atoms with Crippen molar-refractivity contribution in [1.82, 2.24) is 9.55 Å². The molecule has 1 aliphatic heterocycles. The molecule has 6 nitrogen and oxygen atoms in total. The molecule has 0 spiro atoms. The van der Waals surface area contributed by atoms with Gasteiger partial charge in [-0.2, -0.15) is 0 Å². The van der Waals surface area contributed by atoms with Crippen LogP contribution in [0.25, 0.3) is 0 Å². The molecule has 1 aromatic rings. The van der Waals surface area contributed by atoms with Gasteiger partial charge in [0.05, 0.1) is 6.61 Å². The molecule has 0 saturated heterocycles. The average molecular weight is 238 g/mol. The third-order valence-electron chi connectivity index (χ3n) is 2.74. The fourth-order valence-corrected chi connectivity index (χ4v) is 1.65. The zero-order valence-corrected chi connectivity index (χ0v) is 9.64. The monoisotopic (exact) mass is 238 g/mol. The summed E-state index contributed by atoms with van der Waals surface area (Å²) >= 11 is 0. The topological polar surface area (TPSA) is 84.3 Å². The molecule has 0 aliphatic carbocycles. The number of nitrogens with zero attached hydrogens (tertiary/aromatic N) is 1. The Kier molecular flexibility index (Phi) is 2.76. The highest BCUT2D eigenvalue weighted by atomic mass is 16.5. The summed E-state index contributed by atoms with van der Waals surface area (Å²) in [7, 11) is 0. The number of nitrogens with one attached hydrogen (secondary N) is 1. The Morgan fingerprint density at radius 1 is 1.59 bits per heavy atom. The minimum atomic E-state index is -0.784. The van der Waals surface area contributed by atoms with Crippen LogP contribution >= 0.6 is 0 Å². The summed E-state index contributed by atoms with van der Waals surface area (Å²) in [5.74, 6) is 0. The average Bonchev–Trinajstić information content (AvgIpc) is 2.67. The van der Waals surface area contributed by atoms with Crippen LogP contribution in [0, 0.1) is 6.92 Å². The second kappa shape index (κ2) is 3.97. The maximum Gasteiger partial charge on any atom is 0.330 e. The molecule has 0 bridgehead atoms. The van der Waals surface area contributed by atoms with Gasteiger partial charge in [0.2, 0.25) is 0 Å². The Labute approximate surface area is 97.2 Å². The van der Waals surface area contributed by atoms with Crippen LogP contribution in [-0.4, -0.2) is 26.9 Å². The third-order valence-corrected chi connectivity index (χ3v) is 2.74. The van der Waals surface area contributed by atoms with E-state index < -0.39 is 23.1 Å². The molecule has 2 N–H and O–H groups in total. The second-order valence-electron chi connectivity index (χ2n) is 4.32. The molecule has 2 rings (SSSR count). The van der Waals surface area contributed by atoms with Crippen LogP contribution in [0.2, 0.25) is 0 Å². The summed E-state index contributed by atoms with van der Waals surface area (Å²) in [5, 5.41) is 9.14. The molecule has 0 fully saturated rings. The zero-order chi connectivity index (χ0) is 12.6. The van der Waals surface area contributed by atoms with Crippen molar-refractivity contribution in [3.63, 3.8) is 0 Å². The molecular weight excluding hydrogens is 224 g/mol. The van der Waals surface area contributed by atoms with E-state index in [1.807, 2.05) is 0 Å². The van der Waals surface area contributed by atoms with Crippen molar-refractivity contribution >= 4 is 0 Å². The Bertz CT molecular complexity index is 572. The van der Waals surface area contributed by atoms with Crippen LogP contribution in [0.5, 0.6) is 0 Å². The summed E-state index contributed by atoms with van der Waals surface area (Å²) in [6.07, 6.45) is 4.22. The Morgan fingerprint density at radius 2 is 2.29 bits per heavy atom. The quantitative estimate of drug-likeness (QED) is 0.692.